The van der Waals surface area contributed by atoms with Crippen molar-refractivity contribution in [2.24, 2.45) is 0 Å². The fraction of sp³-hybridized carbons (Fsp3) is 0.625. The van der Waals surface area contributed by atoms with E-state index in [1.807, 2.05) is 0 Å². The molecule has 0 saturated carbocycles. The van der Waals surface area contributed by atoms with Crippen molar-refractivity contribution in [2.45, 2.75) is 57.4 Å². The summed E-state index contributed by atoms with van der Waals surface area (Å²) in [4.78, 5) is 0. The molecule has 1 nitrogen and oxygen atoms in total. The van der Waals surface area contributed by atoms with Crippen molar-refractivity contribution >= 4 is 12.4 Å². The van der Waals surface area contributed by atoms with Gasteiger partial charge >= 0.3 is 0 Å². The van der Waals surface area contributed by atoms with Gasteiger partial charge in [-0.1, -0.05) is 56.5 Å². The number of piperidine rings is 1. The number of halogens is 1. The van der Waals surface area contributed by atoms with Crippen LogP contribution in [0, 0.1) is 0 Å². The number of hydrogen-bond donors (Lipinski definition) is 1. The Hall–Kier alpha value is -0.530. The Morgan fingerprint density at radius 3 is 2.61 bits per heavy atom. The lowest BCUT2D eigenvalue weighted by atomic mass is 9.83. The van der Waals surface area contributed by atoms with E-state index in [-0.39, 0.29) is 12.4 Å². The van der Waals surface area contributed by atoms with E-state index >= 15 is 0 Å². The molecule has 1 aromatic rings. The molecule has 1 saturated heterocycles. The van der Waals surface area contributed by atoms with Crippen molar-refractivity contribution in [1.82, 2.24) is 5.32 Å². The molecule has 1 aliphatic rings. The Morgan fingerprint density at radius 2 is 2.00 bits per heavy atom. The van der Waals surface area contributed by atoms with Crippen LogP contribution in [0.4, 0.5) is 0 Å². The first-order valence-electron chi connectivity index (χ1n) is 7.20. The van der Waals surface area contributed by atoms with Gasteiger partial charge in [0.25, 0.3) is 0 Å². The second-order valence-electron chi connectivity index (χ2n) is 5.22. The van der Waals surface area contributed by atoms with Crippen LogP contribution in [0.1, 0.15) is 56.9 Å². The van der Waals surface area contributed by atoms with Gasteiger partial charge < -0.3 is 5.32 Å². The standard InChI is InChI=1S/C16H25N.ClH/c1-2-3-11-15(14-9-5-4-6-10-14)16-12-7-8-13-17-16;/h4-6,9-10,15-17H,2-3,7-8,11-13H2,1H3;1H. The maximum Gasteiger partial charge on any atom is 0.0136 e. The Bertz CT molecular complexity index is 306. The van der Waals surface area contributed by atoms with Crippen LogP contribution in [0.15, 0.2) is 30.3 Å². The van der Waals surface area contributed by atoms with Crippen LogP contribution < -0.4 is 5.32 Å². The Labute approximate surface area is 118 Å². The lowest BCUT2D eigenvalue weighted by Crippen LogP contribution is -2.38. The largest absolute Gasteiger partial charge is 0.313 e. The van der Waals surface area contributed by atoms with Gasteiger partial charge in [-0.05, 0) is 37.3 Å². The predicted molar refractivity (Wildman–Crippen MR) is 81.6 cm³/mol. The van der Waals surface area contributed by atoms with Gasteiger partial charge in [0.2, 0.25) is 0 Å². The molecule has 0 bridgehead atoms. The predicted octanol–water partition coefficient (Wildman–Crippen LogP) is 4.52. The molecule has 0 spiro atoms. The second kappa shape index (κ2) is 8.55. The Balaban J connectivity index is 0.00000162. The van der Waals surface area contributed by atoms with Crippen LogP contribution in [-0.2, 0) is 0 Å². The van der Waals surface area contributed by atoms with Gasteiger partial charge in [0.15, 0.2) is 0 Å². The van der Waals surface area contributed by atoms with Gasteiger partial charge in [-0.3, -0.25) is 0 Å². The van der Waals surface area contributed by atoms with Crippen molar-refractivity contribution in [3.8, 4) is 0 Å². The minimum absolute atomic E-state index is 0. The topological polar surface area (TPSA) is 12.0 Å². The summed E-state index contributed by atoms with van der Waals surface area (Å²) in [5.41, 5.74) is 1.53. The molecule has 0 aromatic heterocycles. The molecule has 2 rings (SSSR count). The summed E-state index contributed by atoms with van der Waals surface area (Å²) in [6.45, 7) is 3.50. The molecule has 2 unspecified atom stereocenters. The van der Waals surface area contributed by atoms with E-state index < -0.39 is 0 Å². The van der Waals surface area contributed by atoms with Crippen LogP contribution in [0.2, 0.25) is 0 Å². The van der Waals surface area contributed by atoms with E-state index in [0.717, 1.165) is 5.92 Å². The second-order valence-corrected chi connectivity index (χ2v) is 5.22. The highest BCUT2D eigenvalue weighted by atomic mass is 35.5. The average Bonchev–Trinajstić information content (AvgIpc) is 2.42. The fourth-order valence-electron chi connectivity index (χ4n) is 2.95. The third-order valence-corrected chi connectivity index (χ3v) is 3.93. The van der Waals surface area contributed by atoms with Crippen LogP contribution in [-0.4, -0.2) is 12.6 Å². The summed E-state index contributed by atoms with van der Waals surface area (Å²) in [6.07, 6.45) is 8.08. The normalized spacial score (nSPS) is 21.1. The van der Waals surface area contributed by atoms with Crippen molar-refractivity contribution in [3.63, 3.8) is 0 Å². The first-order chi connectivity index (χ1) is 8.42. The van der Waals surface area contributed by atoms with Gasteiger partial charge in [0.05, 0.1) is 0 Å². The molecule has 2 heteroatoms. The summed E-state index contributed by atoms with van der Waals surface area (Å²) in [6, 6.07) is 11.8. The Morgan fingerprint density at radius 1 is 1.22 bits per heavy atom. The molecule has 0 amide bonds. The molecule has 1 aromatic carbocycles. The molecule has 0 radical (unpaired) electrons. The zero-order valence-corrected chi connectivity index (χ0v) is 12.2. The highest BCUT2D eigenvalue weighted by Gasteiger charge is 2.23. The SMILES string of the molecule is CCCCC(c1ccccc1)C1CCCCN1.Cl. The molecular formula is C16H26ClN. The summed E-state index contributed by atoms with van der Waals surface area (Å²) in [5.74, 6) is 0.719. The smallest absolute Gasteiger partial charge is 0.0136 e. The zero-order valence-electron chi connectivity index (χ0n) is 11.4. The van der Waals surface area contributed by atoms with Crippen molar-refractivity contribution in [1.29, 1.82) is 0 Å². The quantitative estimate of drug-likeness (QED) is 0.827. The molecule has 2 atom stereocenters. The first-order valence-corrected chi connectivity index (χ1v) is 7.20. The molecule has 1 N–H and O–H groups in total. The van der Waals surface area contributed by atoms with Crippen LogP contribution in [0.5, 0.6) is 0 Å². The van der Waals surface area contributed by atoms with E-state index in [1.54, 1.807) is 0 Å². The molecule has 18 heavy (non-hydrogen) atoms. The van der Waals surface area contributed by atoms with Crippen molar-refractivity contribution < 1.29 is 0 Å². The van der Waals surface area contributed by atoms with E-state index in [1.165, 1.54) is 50.6 Å². The lowest BCUT2D eigenvalue weighted by Gasteiger charge is -2.32. The summed E-state index contributed by atoms with van der Waals surface area (Å²) < 4.78 is 0. The van der Waals surface area contributed by atoms with Crippen molar-refractivity contribution in [2.75, 3.05) is 6.54 Å². The highest BCUT2D eigenvalue weighted by Crippen LogP contribution is 2.29. The molecular weight excluding hydrogens is 242 g/mol. The maximum atomic E-state index is 3.73. The summed E-state index contributed by atoms with van der Waals surface area (Å²) in [7, 11) is 0. The minimum atomic E-state index is 0. The van der Waals surface area contributed by atoms with Gasteiger partial charge in [-0.25, -0.2) is 0 Å². The monoisotopic (exact) mass is 267 g/mol. The summed E-state index contributed by atoms with van der Waals surface area (Å²) in [5, 5.41) is 3.73. The van der Waals surface area contributed by atoms with Gasteiger partial charge in [-0.2, -0.15) is 0 Å². The van der Waals surface area contributed by atoms with Crippen LogP contribution in [0.25, 0.3) is 0 Å². The summed E-state index contributed by atoms with van der Waals surface area (Å²) >= 11 is 0. The molecule has 102 valence electrons. The van der Waals surface area contributed by atoms with Gasteiger partial charge in [-0.15, -0.1) is 12.4 Å². The first kappa shape index (κ1) is 15.5. The Kier molecular flexibility index (Phi) is 7.38. The van der Waals surface area contributed by atoms with E-state index in [4.69, 9.17) is 0 Å². The number of benzene rings is 1. The van der Waals surface area contributed by atoms with E-state index in [2.05, 4.69) is 42.6 Å². The van der Waals surface area contributed by atoms with Gasteiger partial charge in [0, 0.05) is 6.04 Å². The number of unbranched alkanes of at least 4 members (excludes halogenated alkanes) is 1. The molecule has 1 heterocycles. The molecule has 0 aliphatic carbocycles. The number of nitrogens with one attached hydrogen (secondary N) is 1. The fourth-order valence-corrected chi connectivity index (χ4v) is 2.95. The van der Waals surface area contributed by atoms with Crippen LogP contribution in [0.3, 0.4) is 0 Å². The lowest BCUT2D eigenvalue weighted by molar-refractivity contribution is 0.334. The van der Waals surface area contributed by atoms with Crippen molar-refractivity contribution in [3.05, 3.63) is 35.9 Å². The maximum absolute atomic E-state index is 3.73. The minimum Gasteiger partial charge on any atom is -0.313 e. The molecule has 1 fully saturated rings. The van der Waals surface area contributed by atoms with E-state index in [9.17, 15) is 0 Å². The number of hydrogen-bond acceptors (Lipinski definition) is 1. The van der Waals surface area contributed by atoms with Crippen LogP contribution >= 0.6 is 12.4 Å². The highest BCUT2D eigenvalue weighted by molar-refractivity contribution is 5.85. The van der Waals surface area contributed by atoms with Gasteiger partial charge in [0.1, 0.15) is 0 Å². The number of rotatable bonds is 5. The third kappa shape index (κ3) is 4.29. The van der Waals surface area contributed by atoms with E-state index in [0.29, 0.717) is 6.04 Å². The molecule has 1 aliphatic heterocycles. The average molecular weight is 268 g/mol. The third-order valence-electron chi connectivity index (χ3n) is 3.93. The zero-order chi connectivity index (χ0) is 11.9.